The zero-order chi connectivity index (χ0) is 26.1. The Kier molecular flexibility index (Phi) is 9.68. The van der Waals surface area contributed by atoms with Crippen LogP contribution in [0, 0.1) is 25.2 Å². The largest absolute Gasteiger partial charge is 0.490 e. The molecule has 1 amide bonds. The van der Waals surface area contributed by atoms with E-state index in [0.29, 0.717) is 41.8 Å². The first-order valence-corrected chi connectivity index (χ1v) is 12.6. The summed E-state index contributed by atoms with van der Waals surface area (Å²) in [6, 6.07) is 11.2. The van der Waals surface area contributed by atoms with E-state index in [0.717, 1.165) is 21.9 Å². The van der Waals surface area contributed by atoms with Crippen molar-refractivity contribution in [3.05, 3.63) is 62.6 Å². The third-order valence-electron chi connectivity index (χ3n) is 4.98. The second-order valence-electron chi connectivity index (χ2n) is 7.66. The summed E-state index contributed by atoms with van der Waals surface area (Å²) in [5.41, 5.74) is 2.50. The van der Waals surface area contributed by atoms with Gasteiger partial charge in [-0.3, -0.25) is 10.1 Å². The highest BCUT2D eigenvalue weighted by Gasteiger charge is 2.16. The van der Waals surface area contributed by atoms with Gasteiger partial charge in [-0.1, -0.05) is 48.1 Å². The number of carbonyl (C=O) groups excluding carboxylic acids is 1. The second kappa shape index (κ2) is 12.9. The van der Waals surface area contributed by atoms with Crippen molar-refractivity contribution in [2.45, 2.75) is 34.1 Å². The third kappa shape index (κ3) is 6.97. The van der Waals surface area contributed by atoms with Gasteiger partial charge in [0.2, 0.25) is 5.13 Å². The predicted molar refractivity (Wildman–Crippen MR) is 141 cm³/mol. The molecule has 8 nitrogen and oxygen atoms in total. The van der Waals surface area contributed by atoms with Crippen LogP contribution in [0.15, 0.2) is 35.9 Å². The van der Waals surface area contributed by atoms with Crippen LogP contribution in [-0.2, 0) is 11.2 Å². The average Bonchev–Trinajstić information content (AvgIpc) is 3.30. The minimum atomic E-state index is -0.589. The molecule has 0 bridgehead atoms. The van der Waals surface area contributed by atoms with Gasteiger partial charge >= 0.3 is 0 Å². The first-order chi connectivity index (χ1) is 17.4. The smallest absolute Gasteiger partial charge is 0.268 e. The quantitative estimate of drug-likeness (QED) is 0.192. The predicted octanol–water partition coefficient (Wildman–Crippen LogP) is 5.77. The molecule has 0 aliphatic rings. The fraction of sp³-hybridized carbons (Fsp3) is 0.308. The van der Waals surface area contributed by atoms with Crippen LogP contribution in [0.25, 0.3) is 6.08 Å². The van der Waals surface area contributed by atoms with E-state index in [1.54, 1.807) is 12.1 Å². The fourth-order valence-corrected chi connectivity index (χ4v) is 4.26. The zero-order valence-electron chi connectivity index (χ0n) is 20.6. The number of amides is 1. The number of anilines is 1. The summed E-state index contributed by atoms with van der Waals surface area (Å²) in [6.45, 7) is 8.71. The van der Waals surface area contributed by atoms with Crippen molar-refractivity contribution in [3.8, 4) is 23.3 Å². The Bertz CT molecular complexity index is 1280. The Balaban J connectivity index is 1.73. The van der Waals surface area contributed by atoms with Gasteiger partial charge in [-0.15, -0.1) is 10.2 Å². The van der Waals surface area contributed by atoms with Gasteiger partial charge in [0.1, 0.15) is 35.6 Å². The zero-order valence-corrected chi connectivity index (χ0v) is 22.1. The summed E-state index contributed by atoms with van der Waals surface area (Å²) in [7, 11) is 0. The lowest BCUT2D eigenvalue weighted by Crippen LogP contribution is -2.13. The monoisotopic (exact) mass is 526 g/mol. The van der Waals surface area contributed by atoms with Crippen molar-refractivity contribution < 1.29 is 19.0 Å². The molecule has 3 rings (SSSR count). The summed E-state index contributed by atoms with van der Waals surface area (Å²) in [4.78, 5) is 12.6. The number of aromatic nitrogens is 2. The average molecular weight is 527 g/mol. The fourth-order valence-electron chi connectivity index (χ4n) is 3.32. The van der Waals surface area contributed by atoms with E-state index in [1.165, 1.54) is 17.4 Å². The molecular weight excluding hydrogens is 500 g/mol. The molecule has 0 aliphatic carbocycles. The molecular formula is C26H27ClN4O4S. The number of rotatable bonds is 11. The van der Waals surface area contributed by atoms with Gasteiger partial charge in [0.05, 0.1) is 11.6 Å². The maximum Gasteiger partial charge on any atom is 0.268 e. The van der Waals surface area contributed by atoms with Gasteiger partial charge in [-0.05, 0) is 62.1 Å². The highest BCUT2D eigenvalue weighted by Crippen LogP contribution is 2.37. The molecule has 1 aromatic heterocycles. The number of ether oxygens (including phenoxy) is 3. The molecule has 0 saturated carbocycles. The topological polar surface area (TPSA) is 106 Å². The number of nitrogens with zero attached hydrogens (tertiary/aromatic N) is 3. The van der Waals surface area contributed by atoms with Crippen molar-refractivity contribution in [2.24, 2.45) is 0 Å². The molecule has 0 atom stereocenters. The van der Waals surface area contributed by atoms with Crippen LogP contribution in [0.1, 0.15) is 35.5 Å². The van der Waals surface area contributed by atoms with Crippen LogP contribution in [0.5, 0.6) is 17.2 Å². The summed E-state index contributed by atoms with van der Waals surface area (Å²) in [5, 5.41) is 21.4. The normalized spacial score (nSPS) is 11.1. The molecule has 0 saturated heterocycles. The summed E-state index contributed by atoms with van der Waals surface area (Å²) >= 11 is 7.76. The van der Waals surface area contributed by atoms with Gasteiger partial charge < -0.3 is 14.2 Å². The van der Waals surface area contributed by atoms with Crippen LogP contribution < -0.4 is 19.5 Å². The molecule has 1 N–H and O–H groups in total. The molecule has 188 valence electrons. The summed E-state index contributed by atoms with van der Waals surface area (Å²) in [5.74, 6) is 1.01. The lowest BCUT2D eigenvalue weighted by molar-refractivity contribution is -0.112. The van der Waals surface area contributed by atoms with Crippen molar-refractivity contribution in [3.63, 3.8) is 0 Å². The Labute approximate surface area is 219 Å². The van der Waals surface area contributed by atoms with Crippen molar-refractivity contribution in [2.75, 3.05) is 25.1 Å². The lowest BCUT2D eigenvalue weighted by atomic mass is 10.1. The van der Waals surface area contributed by atoms with Gasteiger partial charge in [-0.2, -0.15) is 5.26 Å². The highest BCUT2D eigenvalue weighted by molar-refractivity contribution is 7.15. The van der Waals surface area contributed by atoms with E-state index in [4.69, 9.17) is 25.8 Å². The number of aryl methyl sites for hydroxylation is 3. The minimum Gasteiger partial charge on any atom is -0.490 e. The standard InChI is InChI=1S/C26H27ClN4O4S/c1-5-22-30-31-26(36-22)29-25(32)19(15-28)12-18-13-20(27)24(21(14-18)33-6-2)35-11-10-34-23-16(3)8-7-9-17(23)4/h7-9,12-14H,5-6,10-11H2,1-4H3,(H,29,31,32)/b19-12-. The minimum absolute atomic E-state index is 0.113. The molecule has 3 aromatic rings. The van der Waals surface area contributed by atoms with Crippen LogP contribution in [0.3, 0.4) is 0 Å². The van der Waals surface area contributed by atoms with Crippen LogP contribution >= 0.6 is 22.9 Å². The van der Waals surface area contributed by atoms with Crippen LogP contribution in [0.4, 0.5) is 5.13 Å². The van der Waals surface area contributed by atoms with Crippen molar-refractivity contribution in [1.29, 1.82) is 5.26 Å². The Morgan fingerprint density at radius 1 is 1.11 bits per heavy atom. The number of hydrogen-bond donors (Lipinski definition) is 1. The maximum absolute atomic E-state index is 12.6. The highest BCUT2D eigenvalue weighted by atomic mass is 35.5. The third-order valence-corrected chi connectivity index (χ3v) is 6.25. The molecule has 10 heteroatoms. The van der Waals surface area contributed by atoms with E-state index in [-0.39, 0.29) is 17.2 Å². The molecule has 0 radical (unpaired) electrons. The van der Waals surface area contributed by atoms with Crippen molar-refractivity contribution in [1.82, 2.24) is 10.2 Å². The Morgan fingerprint density at radius 2 is 1.81 bits per heavy atom. The molecule has 0 fully saturated rings. The van der Waals surface area contributed by atoms with E-state index in [9.17, 15) is 10.1 Å². The molecule has 1 heterocycles. The summed E-state index contributed by atoms with van der Waals surface area (Å²) < 4.78 is 17.5. The first kappa shape index (κ1) is 27.0. The number of para-hydroxylation sites is 1. The van der Waals surface area contributed by atoms with Gasteiger partial charge in [-0.25, -0.2) is 0 Å². The molecule has 0 spiro atoms. The van der Waals surface area contributed by atoms with E-state index in [2.05, 4.69) is 15.5 Å². The van der Waals surface area contributed by atoms with Crippen LogP contribution in [-0.4, -0.2) is 35.9 Å². The molecule has 36 heavy (non-hydrogen) atoms. The maximum atomic E-state index is 12.6. The Morgan fingerprint density at radius 3 is 2.42 bits per heavy atom. The van der Waals surface area contributed by atoms with E-state index < -0.39 is 5.91 Å². The van der Waals surface area contributed by atoms with Crippen LogP contribution in [0.2, 0.25) is 5.02 Å². The van der Waals surface area contributed by atoms with Crippen molar-refractivity contribution >= 4 is 40.1 Å². The number of halogens is 1. The second-order valence-corrected chi connectivity index (χ2v) is 9.13. The molecule has 0 unspecified atom stereocenters. The SMILES string of the molecule is CCOc1cc(/C=C(/C#N)C(=O)Nc2nnc(CC)s2)cc(Cl)c1OCCOc1c(C)cccc1C. The van der Waals surface area contributed by atoms with Gasteiger partial charge in [0.15, 0.2) is 11.5 Å². The van der Waals surface area contributed by atoms with E-state index in [1.807, 2.05) is 52.0 Å². The Hall–Kier alpha value is -3.61. The number of nitrogens with one attached hydrogen (secondary N) is 1. The number of benzene rings is 2. The number of hydrogen-bond acceptors (Lipinski definition) is 8. The van der Waals surface area contributed by atoms with E-state index >= 15 is 0 Å². The van der Waals surface area contributed by atoms with Gasteiger partial charge in [0.25, 0.3) is 5.91 Å². The number of carbonyl (C=O) groups is 1. The molecule has 2 aromatic carbocycles. The first-order valence-electron chi connectivity index (χ1n) is 11.4. The lowest BCUT2D eigenvalue weighted by Gasteiger charge is -2.16. The summed E-state index contributed by atoms with van der Waals surface area (Å²) in [6.07, 6.45) is 2.14. The van der Waals surface area contributed by atoms with Gasteiger partial charge in [0, 0.05) is 0 Å². The number of nitriles is 1. The molecule has 0 aliphatic heterocycles.